The van der Waals surface area contributed by atoms with E-state index in [2.05, 4.69) is 30.2 Å². The molecule has 0 aliphatic carbocycles. The van der Waals surface area contributed by atoms with Gasteiger partial charge in [-0.3, -0.25) is 10.1 Å². The third-order valence-electron chi connectivity index (χ3n) is 4.27. The van der Waals surface area contributed by atoms with E-state index < -0.39 is 12.0 Å². The van der Waals surface area contributed by atoms with Gasteiger partial charge in [-0.2, -0.15) is 0 Å². The molecule has 0 spiro atoms. The van der Waals surface area contributed by atoms with Crippen molar-refractivity contribution in [2.24, 2.45) is 0 Å². The maximum atomic E-state index is 11.4. The lowest BCUT2D eigenvalue weighted by Gasteiger charge is -2.37. The van der Waals surface area contributed by atoms with Crippen LogP contribution < -0.4 is 5.32 Å². The number of carbonyl (C=O) groups is 1. The number of carboxylic acids is 1. The molecule has 0 radical (unpaired) electrons. The molecule has 0 saturated heterocycles. The lowest BCUT2D eigenvalue weighted by molar-refractivity contribution is -0.140. The molecule has 1 unspecified atom stereocenters. The first-order valence-electron chi connectivity index (χ1n) is 6.65. The molecule has 2 heterocycles. The number of hydrogen-bond acceptors (Lipinski definition) is 2. The Labute approximate surface area is 111 Å². The van der Waals surface area contributed by atoms with Crippen LogP contribution in [0.25, 0.3) is 10.9 Å². The highest BCUT2D eigenvalue weighted by Gasteiger charge is 2.39. The number of para-hydroxylation sites is 1. The molecule has 0 amide bonds. The van der Waals surface area contributed by atoms with Crippen LogP contribution in [-0.2, 0) is 16.8 Å². The molecule has 100 valence electrons. The number of fused-ring (bicyclic) bond motifs is 3. The SMILES string of the molecule is CCC1(C)N[C@H](C(=O)O)Cc2c1[nH]c1ccccc21. The molecular weight excluding hydrogens is 240 g/mol. The van der Waals surface area contributed by atoms with Crippen molar-refractivity contribution in [3.05, 3.63) is 35.5 Å². The number of nitrogens with one attached hydrogen (secondary N) is 2. The standard InChI is InChI=1S/C15H18N2O2/c1-3-15(2)13-10(8-12(17-15)14(18)19)9-6-4-5-7-11(9)16-13/h4-7,12,16-17H,3,8H2,1-2H3,(H,18,19)/t12-,15?/m0/s1. The number of rotatable bonds is 2. The molecule has 1 aliphatic rings. The van der Waals surface area contributed by atoms with E-state index in [9.17, 15) is 9.90 Å². The maximum absolute atomic E-state index is 11.4. The van der Waals surface area contributed by atoms with Gasteiger partial charge in [0.05, 0.1) is 5.54 Å². The van der Waals surface area contributed by atoms with Crippen molar-refractivity contribution in [2.75, 3.05) is 0 Å². The van der Waals surface area contributed by atoms with Gasteiger partial charge in [0, 0.05) is 23.0 Å². The first kappa shape index (κ1) is 12.2. The minimum Gasteiger partial charge on any atom is -0.480 e. The van der Waals surface area contributed by atoms with Gasteiger partial charge >= 0.3 is 5.97 Å². The Hall–Kier alpha value is -1.81. The summed E-state index contributed by atoms with van der Waals surface area (Å²) >= 11 is 0. The number of H-pyrrole nitrogens is 1. The Bertz CT molecular complexity index is 647. The molecule has 1 aromatic carbocycles. The molecule has 0 saturated carbocycles. The Morgan fingerprint density at radius 3 is 2.89 bits per heavy atom. The molecule has 4 nitrogen and oxygen atoms in total. The van der Waals surface area contributed by atoms with E-state index in [0.717, 1.165) is 28.6 Å². The fraction of sp³-hybridized carbons (Fsp3) is 0.400. The number of benzene rings is 1. The summed E-state index contributed by atoms with van der Waals surface area (Å²) in [6, 6.07) is 7.58. The minimum absolute atomic E-state index is 0.310. The molecule has 2 atom stereocenters. The van der Waals surface area contributed by atoms with Crippen molar-refractivity contribution >= 4 is 16.9 Å². The van der Waals surface area contributed by atoms with Gasteiger partial charge in [-0.1, -0.05) is 25.1 Å². The van der Waals surface area contributed by atoms with Crippen LogP contribution in [-0.4, -0.2) is 22.1 Å². The summed E-state index contributed by atoms with van der Waals surface area (Å²) in [7, 11) is 0. The van der Waals surface area contributed by atoms with Gasteiger partial charge in [0.1, 0.15) is 6.04 Å². The Morgan fingerprint density at radius 2 is 2.21 bits per heavy atom. The summed E-state index contributed by atoms with van der Waals surface area (Å²) in [4.78, 5) is 14.8. The average Bonchev–Trinajstić information content (AvgIpc) is 2.78. The topological polar surface area (TPSA) is 65.1 Å². The quantitative estimate of drug-likeness (QED) is 0.775. The number of hydrogen-bond donors (Lipinski definition) is 3. The molecule has 4 heteroatoms. The third-order valence-corrected chi connectivity index (χ3v) is 4.27. The molecule has 0 bridgehead atoms. The lowest BCUT2D eigenvalue weighted by atomic mass is 9.83. The molecule has 0 fully saturated rings. The third kappa shape index (κ3) is 1.75. The summed E-state index contributed by atoms with van der Waals surface area (Å²) < 4.78 is 0. The molecule has 3 rings (SSSR count). The number of carboxylic acid groups (broad SMARTS) is 1. The predicted molar refractivity (Wildman–Crippen MR) is 74.2 cm³/mol. The zero-order valence-electron chi connectivity index (χ0n) is 11.2. The fourth-order valence-corrected chi connectivity index (χ4v) is 3.02. The first-order valence-corrected chi connectivity index (χ1v) is 6.65. The number of aliphatic carboxylic acids is 1. The van der Waals surface area contributed by atoms with Crippen LogP contribution in [0.2, 0.25) is 0 Å². The summed E-state index contributed by atoms with van der Waals surface area (Å²) in [5, 5.41) is 13.7. The molecule has 2 aromatic rings. The highest BCUT2D eigenvalue weighted by atomic mass is 16.4. The van der Waals surface area contributed by atoms with Crippen molar-refractivity contribution in [1.82, 2.24) is 10.3 Å². The first-order chi connectivity index (χ1) is 9.05. The minimum atomic E-state index is -0.782. The summed E-state index contributed by atoms with van der Waals surface area (Å²) in [5.74, 6) is -0.782. The van der Waals surface area contributed by atoms with E-state index in [1.165, 1.54) is 0 Å². The normalized spacial score (nSPS) is 26.3. The highest BCUT2D eigenvalue weighted by molar-refractivity contribution is 5.87. The van der Waals surface area contributed by atoms with Crippen LogP contribution in [0.5, 0.6) is 0 Å². The van der Waals surface area contributed by atoms with Crippen LogP contribution in [0.1, 0.15) is 31.5 Å². The van der Waals surface area contributed by atoms with Crippen LogP contribution in [0.3, 0.4) is 0 Å². The predicted octanol–water partition coefficient (Wildman–Crippen LogP) is 2.39. The Balaban J connectivity index is 2.23. The van der Waals surface area contributed by atoms with Crippen molar-refractivity contribution in [2.45, 2.75) is 38.3 Å². The largest absolute Gasteiger partial charge is 0.480 e. The molecule has 3 N–H and O–H groups in total. The second-order valence-electron chi connectivity index (χ2n) is 5.45. The van der Waals surface area contributed by atoms with E-state index in [4.69, 9.17) is 0 Å². The molecule has 1 aliphatic heterocycles. The molecule has 1 aromatic heterocycles. The zero-order chi connectivity index (χ0) is 13.6. The second kappa shape index (κ2) is 4.10. The monoisotopic (exact) mass is 258 g/mol. The van der Waals surface area contributed by atoms with Gasteiger partial charge in [-0.05, 0) is 25.0 Å². The zero-order valence-corrected chi connectivity index (χ0v) is 11.2. The van der Waals surface area contributed by atoms with Crippen LogP contribution >= 0.6 is 0 Å². The van der Waals surface area contributed by atoms with E-state index in [0.29, 0.717) is 6.42 Å². The van der Waals surface area contributed by atoms with Crippen LogP contribution in [0.4, 0.5) is 0 Å². The van der Waals surface area contributed by atoms with Crippen LogP contribution in [0, 0.1) is 0 Å². The maximum Gasteiger partial charge on any atom is 0.321 e. The lowest BCUT2D eigenvalue weighted by Crippen LogP contribution is -2.53. The van der Waals surface area contributed by atoms with Crippen molar-refractivity contribution in [3.63, 3.8) is 0 Å². The highest BCUT2D eigenvalue weighted by Crippen LogP contribution is 2.36. The summed E-state index contributed by atoms with van der Waals surface area (Å²) in [6.45, 7) is 4.14. The number of aromatic amines is 1. The second-order valence-corrected chi connectivity index (χ2v) is 5.45. The summed E-state index contributed by atoms with van der Waals surface area (Å²) in [6.07, 6.45) is 1.38. The van der Waals surface area contributed by atoms with Crippen molar-refractivity contribution in [3.8, 4) is 0 Å². The van der Waals surface area contributed by atoms with E-state index >= 15 is 0 Å². The van der Waals surface area contributed by atoms with Crippen molar-refractivity contribution in [1.29, 1.82) is 0 Å². The van der Waals surface area contributed by atoms with Crippen molar-refractivity contribution < 1.29 is 9.90 Å². The van der Waals surface area contributed by atoms with Gasteiger partial charge in [0.25, 0.3) is 0 Å². The van der Waals surface area contributed by atoms with E-state index in [1.54, 1.807) is 0 Å². The van der Waals surface area contributed by atoms with Gasteiger partial charge in [0.15, 0.2) is 0 Å². The molecular formula is C15H18N2O2. The van der Waals surface area contributed by atoms with Gasteiger partial charge in [-0.25, -0.2) is 0 Å². The van der Waals surface area contributed by atoms with Crippen LogP contribution in [0.15, 0.2) is 24.3 Å². The van der Waals surface area contributed by atoms with Gasteiger partial charge in [-0.15, -0.1) is 0 Å². The van der Waals surface area contributed by atoms with E-state index in [1.807, 2.05) is 18.2 Å². The molecule has 19 heavy (non-hydrogen) atoms. The number of aromatic nitrogens is 1. The van der Waals surface area contributed by atoms with E-state index in [-0.39, 0.29) is 5.54 Å². The van der Waals surface area contributed by atoms with Gasteiger partial charge in [0.2, 0.25) is 0 Å². The fourth-order valence-electron chi connectivity index (χ4n) is 3.02. The summed E-state index contributed by atoms with van der Waals surface area (Å²) in [5.41, 5.74) is 3.05. The van der Waals surface area contributed by atoms with Gasteiger partial charge < -0.3 is 10.1 Å². The average molecular weight is 258 g/mol. The Kier molecular flexibility index (Phi) is 2.64. The smallest absolute Gasteiger partial charge is 0.321 e. The Morgan fingerprint density at radius 1 is 1.47 bits per heavy atom.